The number of aliphatic carboxylic acids is 1. The van der Waals surface area contributed by atoms with Crippen molar-refractivity contribution >= 4 is 62.7 Å². The van der Waals surface area contributed by atoms with Gasteiger partial charge in [0.1, 0.15) is 17.2 Å². The molecule has 0 fully saturated rings. The highest BCUT2D eigenvalue weighted by Crippen LogP contribution is 2.53. The lowest BCUT2D eigenvalue weighted by atomic mass is 9.69. The number of rotatable bonds is 20. The highest BCUT2D eigenvalue weighted by atomic mass is 32.1. The van der Waals surface area contributed by atoms with Crippen molar-refractivity contribution in [3.63, 3.8) is 0 Å². The molecule has 6 nitrogen and oxygen atoms in total. The molecule has 1 aromatic carbocycles. The van der Waals surface area contributed by atoms with Crippen molar-refractivity contribution < 1.29 is 14.3 Å². The lowest BCUT2D eigenvalue weighted by molar-refractivity contribution is -0.132. The maximum atomic E-state index is 14.3. The van der Waals surface area contributed by atoms with E-state index in [-0.39, 0.29) is 22.0 Å². The standard InChI is InChI=1S/C53H66N2O4S3/c1-8-11-14-17-20-34-29-43(60-41(34)32-38(33-54)50(56)57)48-36(22-19-16-13-10-3)31-44(62-48)49-35(21-18-15-12-9-2)30-42(61-49)39-27-37-28-40-46-45(47(37)59-51(39)58)53(6,7)24-26-55(46)25-23-52(40,4)5/h27-32H,8-26H2,1-7H3,(H,56,57)/b38-32-. The van der Waals surface area contributed by atoms with E-state index in [0.29, 0.717) is 5.56 Å². The second kappa shape index (κ2) is 19.8. The van der Waals surface area contributed by atoms with Gasteiger partial charge in [-0.15, -0.1) is 34.0 Å². The van der Waals surface area contributed by atoms with E-state index in [1.165, 1.54) is 87.5 Å². The molecule has 0 bridgehead atoms. The van der Waals surface area contributed by atoms with E-state index in [4.69, 9.17) is 4.42 Å². The Labute approximate surface area is 381 Å². The number of fused-ring (bicyclic) bond motifs is 2. The molecule has 0 amide bonds. The van der Waals surface area contributed by atoms with Gasteiger partial charge in [0.25, 0.3) is 0 Å². The van der Waals surface area contributed by atoms with Gasteiger partial charge in [0.15, 0.2) is 0 Å². The van der Waals surface area contributed by atoms with Crippen LogP contribution >= 0.6 is 34.0 Å². The third kappa shape index (κ3) is 9.73. The summed E-state index contributed by atoms with van der Waals surface area (Å²) in [6, 6.07) is 13.3. The molecule has 0 spiro atoms. The first-order valence-electron chi connectivity index (χ1n) is 23.4. The number of carboxylic acid groups (broad SMARTS) is 1. The zero-order valence-electron chi connectivity index (χ0n) is 38.2. The minimum atomic E-state index is -1.19. The number of thiophene rings is 3. The first-order valence-corrected chi connectivity index (χ1v) is 25.9. The van der Waals surface area contributed by atoms with E-state index in [1.54, 1.807) is 28.7 Å². The number of hydrogen-bond donors (Lipinski definition) is 1. The highest BCUT2D eigenvalue weighted by Gasteiger charge is 2.42. The normalized spacial score (nSPS) is 15.6. The van der Waals surface area contributed by atoms with Crippen molar-refractivity contribution in [3.8, 4) is 36.0 Å². The molecule has 7 rings (SSSR count). The summed E-state index contributed by atoms with van der Waals surface area (Å²) in [7, 11) is 0. The topological polar surface area (TPSA) is 94.5 Å². The van der Waals surface area contributed by atoms with Gasteiger partial charge in [0.05, 0.1) is 5.56 Å². The monoisotopic (exact) mass is 890 g/mol. The quantitative estimate of drug-likeness (QED) is 0.0362. The van der Waals surface area contributed by atoms with Gasteiger partial charge < -0.3 is 14.4 Å². The molecule has 0 atom stereocenters. The van der Waals surface area contributed by atoms with Gasteiger partial charge in [0.2, 0.25) is 0 Å². The van der Waals surface area contributed by atoms with Gasteiger partial charge in [-0.2, -0.15) is 5.26 Å². The number of carbonyl (C=O) groups is 1. The predicted octanol–water partition coefficient (Wildman–Crippen LogP) is 15.5. The summed E-state index contributed by atoms with van der Waals surface area (Å²) >= 11 is 5.17. The Morgan fingerprint density at radius 2 is 1.27 bits per heavy atom. The van der Waals surface area contributed by atoms with Crippen LogP contribution in [-0.2, 0) is 34.9 Å². The zero-order valence-corrected chi connectivity index (χ0v) is 40.6. The van der Waals surface area contributed by atoms with Crippen LogP contribution in [0.5, 0.6) is 0 Å². The Kier molecular flexibility index (Phi) is 14.7. The molecule has 0 radical (unpaired) electrons. The van der Waals surface area contributed by atoms with E-state index >= 15 is 0 Å². The smallest absolute Gasteiger partial charge is 0.346 e. The molecule has 4 aromatic heterocycles. The van der Waals surface area contributed by atoms with E-state index in [1.807, 2.05) is 17.4 Å². The fraction of sp³-hybridized carbons (Fsp3) is 0.528. The van der Waals surface area contributed by atoms with Crippen LogP contribution in [0.15, 0.2) is 45.1 Å². The van der Waals surface area contributed by atoms with Crippen molar-refractivity contribution in [3.05, 3.63) is 79.0 Å². The first-order chi connectivity index (χ1) is 29.8. The van der Waals surface area contributed by atoms with Crippen molar-refractivity contribution in [1.82, 2.24) is 0 Å². The number of carboxylic acids is 1. The van der Waals surface area contributed by atoms with Crippen LogP contribution in [0.2, 0.25) is 0 Å². The molecular formula is C53H66N2O4S3. The summed E-state index contributed by atoms with van der Waals surface area (Å²) in [6.45, 7) is 18.1. The third-order valence-electron chi connectivity index (χ3n) is 13.4. The molecule has 9 heteroatoms. The molecule has 5 aromatic rings. The number of anilines is 1. The molecule has 2 aliphatic rings. The Balaban J connectivity index is 1.36. The average molecular weight is 891 g/mol. The lowest BCUT2D eigenvalue weighted by Crippen LogP contribution is -2.44. The summed E-state index contributed by atoms with van der Waals surface area (Å²) in [5.74, 6) is -1.19. The van der Waals surface area contributed by atoms with Gasteiger partial charge in [0, 0.05) is 59.0 Å². The Morgan fingerprint density at radius 1 is 0.742 bits per heavy atom. The summed E-state index contributed by atoms with van der Waals surface area (Å²) in [4.78, 5) is 35.5. The van der Waals surface area contributed by atoms with Crippen LogP contribution in [0, 0.1) is 11.3 Å². The van der Waals surface area contributed by atoms with E-state index in [9.17, 15) is 20.0 Å². The number of aryl methyl sites for hydroxylation is 3. The van der Waals surface area contributed by atoms with Crippen molar-refractivity contribution in [2.45, 2.75) is 168 Å². The fourth-order valence-corrected chi connectivity index (χ4v) is 13.4. The number of unbranched alkanes of at least 4 members (excludes halogenated alkanes) is 9. The minimum absolute atomic E-state index is 0.0229. The second-order valence-electron chi connectivity index (χ2n) is 19.1. The average Bonchev–Trinajstić information content (AvgIpc) is 3.97. The van der Waals surface area contributed by atoms with E-state index in [2.05, 4.69) is 83.7 Å². The number of hydrogen-bond acceptors (Lipinski definition) is 8. The van der Waals surface area contributed by atoms with E-state index in [0.717, 1.165) is 108 Å². The molecule has 0 saturated carbocycles. The van der Waals surface area contributed by atoms with Crippen LogP contribution in [0.1, 0.15) is 171 Å². The maximum Gasteiger partial charge on any atom is 0.346 e. The molecule has 0 aliphatic carbocycles. The molecule has 0 unspecified atom stereocenters. The highest BCUT2D eigenvalue weighted by molar-refractivity contribution is 7.27. The van der Waals surface area contributed by atoms with Gasteiger partial charge >= 0.3 is 11.6 Å². The lowest BCUT2D eigenvalue weighted by Gasteiger charge is -2.48. The Hall–Kier alpha value is -3.97. The number of benzene rings is 1. The van der Waals surface area contributed by atoms with Gasteiger partial charge in [-0.25, -0.2) is 9.59 Å². The molecule has 330 valence electrons. The molecule has 6 heterocycles. The van der Waals surface area contributed by atoms with Crippen LogP contribution in [0.3, 0.4) is 0 Å². The predicted molar refractivity (Wildman–Crippen MR) is 265 cm³/mol. The van der Waals surface area contributed by atoms with Crippen LogP contribution in [0.4, 0.5) is 5.69 Å². The Morgan fingerprint density at radius 3 is 1.85 bits per heavy atom. The Bertz CT molecular complexity index is 2530. The summed E-state index contributed by atoms with van der Waals surface area (Å²) in [5.41, 5.74) is 8.38. The fourth-order valence-electron chi connectivity index (χ4n) is 9.59. The maximum absolute atomic E-state index is 14.3. The van der Waals surface area contributed by atoms with E-state index < -0.39 is 5.97 Å². The summed E-state index contributed by atoms with van der Waals surface area (Å²) in [6.07, 6.45) is 20.2. The zero-order chi connectivity index (χ0) is 44.2. The van der Waals surface area contributed by atoms with Crippen LogP contribution < -0.4 is 10.5 Å². The van der Waals surface area contributed by atoms with Crippen molar-refractivity contribution in [1.29, 1.82) is 5.26 Å². The second-order valence-corrected chi connectivity index (χ2v) is 22.3. The molecule has 2 aliphatic heterocycles. The number of nitriles is 1. The summed E-state index contributed by atoms with van der Waals surface area (Å²) in [5, 5.41) is 20.5. The third-order valence-corrected chi connectivity index (χ3v) is 17.3. The van der Waals surface area contributed by atoms with Crippen molar-refractivity contribution in [2.24, 2.45) is 0 Å². The first kappa shape index (κ1) is 46.0. The minimum Gasteiger partial charge on any atom is -0.477 e. The largest absolute Gasteiger partial charge is 0.477 e. The summed E-state index contributed by atoms with van der Waals surface area (Å²) < 4.78 is 6.51. The van der Waals surface area contributed by atoms with Gasteiger partial charge in [-0.1, -0.05) is 106 Å². The molecule has 0 saturated heterocycles. The van der Waals surface area contributed by atoms with Crippen LogP contribution in [0.25, 0.3) is 47.0 Å². The van der Waals surface area contributed by atoms with Gasteiger partial charge in [-0.3, -0.25) is 0 Å². The molecular weight excluding hydrogens is 825 g/mol. The van der Waals surface area contributed by atoms with Crippen LogP contribution in [-0.4, -0.2) is 24.2 Å². The SMILES string of the molecule is CCCCCCc1cc(-c2sc(-c3sc(-c4cc5cc6c7c(c5oc4=O)C(C)(C)CCN7CCC6(C)C)cc3CCCCCC)cc2CCCCCC)sc1/C=C(/C#N)C(=O)O. The number of nitrogens with zero attached hydrogens (tertiary/aromatic N) is 2. The molecule has 62 heavy (non-hydrogen) atoms. The van der Waals surface area contributed by atoms with Gasteiger partial charge in [-0.05, 0) is 121 Å². The molecule has 1 N–H and O–H groups in total. The van der Waals surface area contributed by atoms with Crippen molar-refractivity contribution in [2.75, 3.05) is 18.0 Å².